The van der Waals surface area contributed by atoms with E-state index < -0.39 is 11.9 Å². The van der Waals surface area contributed by atoms with Crippen LogP contribution in [0.1, 0.15) is 20.8 Å². The maximum Gasteiger partial charge on any atom is 0.317 e. The van der Waals surface area contributed by atoms with E-state index in [0.29, 0.717) is 9.88 Å². The van der Waals surface area contributed by atoms with Crippen molar-refractivity contribution in [3.05, 3.63) is 52.2 Å². The predicted molar refractivity (Wildman–Crippen MR) is 81.4 cm³/mol. The molecule has 0 saturated carbocycles. The van der Waals surface area contributed by atoms with Crippen molar-refractivity contribution in [3.63, 3.8) is 0 Å². The van der Waals surface area contributed by atoms with Gasteiger partial charge >= 0.3 is 6.03 Å². The lowest BCUT2D eigenvalue weighted by atomic mass is 10.2. The minimum Gasteiger partial charge on any atom is -0.366 e. The molecule has 108 valence electrons. The van der Waals surface area contributed by atoms with Gasteiger partial charge in [0.25, 0.3) is 5.91 Å². The van der Waals surface area contributed by atoms with Crippen LogP contribution in [0.4, 0.5) is 14.2 Å². The quantitative estimate of drug-likeness (QED) is 0.809. The summed E-state index contributed by atoms with van der Waals surface area (Å²) >= 11 is 1.16. The second kappa shape index (κ2) is 6.19. The van der Waals surface area contributed by atoms with E-state index in [0.717, 1.165) is 16.9 Å². The maximum atomic E-state index is 12.8. The number of thiophene rings is 1. The molecule has 0 spiro atoms. The first-order valence-corrected chi connectivity index (χ1v) is 6.71. The van der Waals surface area contributed by atoms with Gasteiger partial charge in [-0.1, -0.05) is 18.2 Å². The van der Waals surface area contributed by atoms with E-state index in [1.807, 2.05) is 0 Å². The standard InChI is InChI=1S/C14H12FN3O2S/c15-9-4-1-8(2-5-9)3-6-10-7-11(12(16)19)13(21-10)18-14(17)20/h1-7H,(H2,16,19)(H3,17,18,20). The second-order valence-electron chi connectivity index (χ2n) is 4.13. The Labute approximate surface area is 124 Å². The highest BCUT2D eigenvalue weighted by atomic mass is 32.1. The van der Waals surface area contributed by atoms with Gasteiger partial charge in [0.1, 0.15) is 10.8 Å². The number of anilines is 1. The first-order valence-electron chi connectivity index (χ1n) is 5.89. The van der Waals surface area contributed by atoms with Crippen molar-refractivity contribution in [2.45, 2.75) is 0 Å². The minimum absolute atomic E-state index is 0.192. The molecule has 5 N–H and O–H groups in total. The summed E-state index contributed by atoms with van der Waals surface area (Å²) in [7, 11) is 0. The van der Waals surface area contributed by atoms with Crippen LogP contribution in [0.2, 0.25) is 0 Å². The van der Waals surface area contributed by atoms with Gasteiger partial charge in [0.15, 0.2) is 0 Å². The van der Waals surface area contributed by atoms with E-state index in [-0.39, 0.29) is 11.4 Å². The predicted octanol–water partition coefficient (Wildman–Crippen LogP) is 2.65. The van der Waals surface area contributed by atoms with Crippen LogP contribution in [0.15, 0.2) is 30.3 Å². The first kappa shape index (κ1) is 14.7. The molecular weight excluding hydrogens is 293 g/mol. The number of benzene rings is 1. The van der Waals surface area contributed by atoms with E-state index in [2.05, 4.69) is 5.32 Å². The van der Waals surface area contributed by atoms with Crippen LogP contribution in [-0.2, 0) is 0 Å². The highest BCUT2D eigenvalue weighted by Gasteiger charge is 2.13. The molecule has 0 saturated heterocycles. The van der Waals surface area contributed by atoms with Crippen LogP contribution in [0.3, 0.4) is 0 Å². The number of carbonyl (C=O) groups is 2. The van der Waals surface area contributed by atoms with Crippen LogP contribution in [-0.4, -0.2) is 11.9 Å². The third-order valence-corrected chi connectivity index (χ3v) is 3.58. The van der Waals surface area contributed by atoms with Crippen LogP contribution in [0.5, 0.6) is 0 Å². The first-order chi connectivity index (χ1) is 9.95. The minimum atomic E-state index is -0.770. The molecule has 2 aromatic rings. The van der Waals surface area contributed by atoms with Gasteiger partial charge in [-0.15, -0.1) is 11.3 Å². The summed E-state index contributed by atoms with van der Waals surface area (Å²) in [5, 5.41) is 2.65. The molecule has 0 aliphatic rings. The molecule has 0 aliphatic carbocycles. The van der Waals surface area contributed by atoms with Crippen molar-refractivity contribution in [1.29, 1.82) is 0 Å². The summed E-state index contributed by atoms with van der Waals surface area (Å²) in [6.45, 7) is 0. The molecule has 3 amide bonds. The van der Waals surface area contributed by atoms with Crippen LogP contribution in [0, 0.1) is 5.82 Å². The SMILES string of the molecule is NC(=O)Nc1sc(C=Cc2ccc(F)cc2)cc1C(N)=O. The monoisotopic (exact) mass is 305 g/mol. The summed E-state index contributed by atoms with van der Waals surface area (Å²) in [6, 6.07) is 6.73. The second-order valence-corrected chi connectivity index (χ2v) is 5.21. The fourth-order valence-corrected chi connectivity index (χ4v) is 2.60. The highest BCUT2D eigenvalue weighted by molar-refractivity contribution is 7.17. The summed E-state index contributed by atoms with van der Waals surface area (Å²) in [5.74, 6) is -0.969. The van der Waals surface area contributed by atoms with Crippen molar-refractivity contribution in [1.82, 2.24) is 0 Å². The molecular formula is C14H12FN3O2S. The zero-order chi connectivity index (χ0) is 15.4. The van der Waals surface area contributed by atoms with E-state index in [1.54, 1.807) is 30.4 Å². The lowest BCUT2D eigenvalue weighted by Gasteiger charge is -1.98. The molecule has 0 bridgehead atoms. The third-order valence-electron chi connectivity index (χ3n) is 2.56. The van der Waals surface area contributed by atoms with Crippen LogP contribution in [0.25, 0.3) is 12.2 Å². The molecule has 0 radical (unpaired) electrons. The number of hydrogen-bond donors (Lipinski definition) is 3. The van der Waals surface area contributed by atoms with E-state index in [4.69, 9.17) is 11.5 Å². The number of urea groups is 1. The normalized spacial score (nSPS) is 10.7. The number of nitrogens with two attached hydrogens (primary N) is 2. The van der Waals surface area contributed by atoms with Crippen molar-refractivity contribution in [3.8, 4) is 0 Å². The number of hydrogen-bond acceptors (Lipinski definition) is 3. The molecule has 0 aliphatic heterocycles. The van der Waals surface area contributed by atoms with Gasteiger partial charge in [-0.2, -0.15) is 0 Å². The molecule has 2 rings (SSSR count). The topological polar surface area (TPSA) is 98.2 Å². The molecule has 0 unspecified atom stereocenters. The number of primary amides is 2. The Morgan fingerprint density at radius 2 is 1.81 bits per heavy atom. The smallest absolute Gasteiger partial charge is 0.317 e. The Morgan fingerprint density at radius 1 is 1.14 bits per heavy atom. The van der Waals surface area contributed by atoms with Crippen molar-refractivity contribution in [2.24, 2.45) is 11.5 Å². The van der Waals surface area contributed by atoms with Crippen molar-refractivity contribution < 1.29 is 14.0 Å². The molecule has 0 fully saturated rings. The van der Waals surface area contributed by atoms with Gasteiger partial charge < -0.3 is 11.5 Å². The van der Waals surface area contributed by atoms with Crippen molar-refractivity contribution in [2.75, 3.05) is 5.32 Å². The molecule has 1 aromatic heterocycles. The average molecular weight is 305 g/mol. The van der Waals surface area contributed by atoms with Crippen molar-refractivity contribution >= 4 is 40.4 Å². The maximum absolute atomic E-state index is 12.8. The molecule has 1 heterocycles. The summed E-state index contributed by atoms with van der Waals surface area (Å²) < 4.78 is 12.8. The fourth-order valence-electron chi connectivity index (χ4n) is 1.63. The Kier molecular flexibility index (Phi) is 4.34. The van der Waals surface area contributed by atoms with Crippen LogP contribution >= 0.6 is 11.3 Å². The van der Waals surface area contributed by atoms with Gasteiger partial charge in [-0.05, 0) is 29.8 Å². The molecule has 21 heavy (non-hydrogen) atoms. The highest BCUT2D eigenvalue weighted by Crippen LogP contribution is 2.29. The largest absolute Gasteiger partial charge is 0.366 e. The zero-order valence-electron chi connectivity index (χ0n) is 10.8. The van der Waals surface area contributed by atoms with Gasteiger partial charge in [0, 0.05) is 4.88 Å². The molecule has 7 heteroatoms. The number of amides is 3. The van der Waals surface area contributed by atoms with Gasteiger partial charge in [0.2, 0.25) is 0 Å². The average Bonchev–Trinajstić information content (AvgIpc) is 2.80. The van der Waals surface area contributed by atoms with Gasteiger partial charge in [0.05, 0.1) is 5.56 Å². The van der Waals surface area contributed by atoms with E-state index >= 15 is 0 Å². The Morgan fingerprint density at radius 3 is 2.38 bits per heavy atom. The Bertz CT molecular complexity index is 708. The third kappa shape index (κ3) is 3.90. The number of nitrogens with one attached hydrogen (secondary N) is 1. The molecule has 5 nitrogen and oxygen atoms in total. The molecule has 1 aromatic carbocycles. The lowest BCUT2D eigenvalue weighted by molar-refractivity contribution is 0.100. The molecule has 0 atom stereocenters. The number of carbonyl (C=O) groups excluding carboxylic acids is 2. The summed E-state index contributed by atoms with van der Waals surface area (Å²) in [5.41, 5.74) is 11.3. The summed E-state index contributed by atoms with van der Waals surface area (Å²) in [4.78, 5) is 22.9. The number of halogens is 1. The van der Waals surface area contributed by atoms with E-state index in [9.17, 15) is 14.0 Å². The van der Waals surface area contributed by atoms with Gasteiger partial charge in [-0.25, -0.2) is 9.18 Å². The number of rotatable bonds is 4. The van der Waals surface area contributed by atoms with E-state index in [1.165, 1.54) is 12.1 Å². The van der Waals surface area contributed by atoms with Crippen LogP contribution < -0.4 is 16.8 Å². The Hall–Kier alpha value is -2.67. The fraction of sp³-hybridized carbons (Fsp3) is 0. The van der Waals surface area contributed by atoms with Gasteiger partial charge in [-0.3, -0.25) is 10.1 Å². The Balaban J connectivity index is 2.25. The lowest BCUT2D eigenvalue weighted by Crippen LogP contribution is -2.21. The zero-order valence-corrected chi connectivity index (χ0v) is 11.6. The summed E-state index contributed by atoms with van der Waals surface area (Å²) in [6.07, 6.45) is 3.49.